The normalized spacial score (nSPS) is 16.3. The average molecular weight is 380 g/mol. The first-order valence-electron chi connectivity index (χ1n) is 7.34. The molecule has 138 valence electrons. The van der Waals surface area contributed by atoms with E-state index in [1.165, 1.54) is 25.3 Å². The van der Waals surface area contributed by atoms with Gasteiger partial charge in [-0.1, -0.05) is 22.9 Å². The van der Waals surface area contributed by atoms with Gasteiger partial charge < -0.3 is 20.5 Å². The van der Waals surface area contributed by atoms with E-state index in [0.29, 0.717) is 5.69 Å². The van der Waals surface area contributed by atoms with Gasteiger partial charge in [-0.2, -0.15) is 4.31 Å². The van der Waals surface area contributed by atoms with Crippen LogP contribution < -0.4 is 19.7 Å². The number of anilines is 2. The molecule has 0 unspecified atom stereocenters. The lowest BCUT2D eigenvalue weighted by Gasteiger charge is -2.45. The first-order chi connectivity index (χ1) is 12.3. The zero-order valence-corrected chi connectivity index (χ0v) is 14.4. The Hall–Kier alpha value is -3.02. The van der Waals surface area contributed by atoms with Crippen LogP contribution in [0.5, 0.6) is 5.75 Å². The summed E-state index contributed by atoms with van der Waals surface area (Å²) in [4.78, 5) is 27.5. The minimum atomic E-state index is -3.67. The van der Waals surface area contributed by atoms with Crippen molar-refractivity contribution in [2.75, 3.05) is 16.7 Å². The molecule has 0 fully saturated rings. The number of ether oxygens (including phenoxy) is 1. The first kappa shape index (κ1) is 17.8. The number of carbonyl (C=O) groups is 2. The van der Waals surface area contributed by atoms with Crippen LogP contribution in [-0.2, 0) is 6.54 Å². The molecule has 3 amide bonds. The summed E-state index contributed by atoms with van der Waals surface area (Å²) in [7, 11) is -2.28. The van der Waals surface area contributed by atoms with Crippen molar-refractivity contribution < 1.29 is 28.5 Å². The molecule has 0 saturated heterocycles. The van der Waals surface area contributed by atoms with Crippen LogP contribution in [-0.4, -0.2) is 38.4 Å². The molecule has 3 rings (SSSR count). The first-order valence-corrected chi connectivity index (χ1v) is 8.84. The number of amides is 3. The predicted molar refractivity (Wildman–Crippen MR) is 94.7 cm³/mol. The number of para-hydroxylation sites is 1. The maximum Gasteiger partial charge on any atom is 0.404 e. The van der Waals surface area contributed by atoms with Gasteiger partial charge in [-0.3, -0.25) is 9.11 Å². The molecular weight excluding hydrogens is 364 g/mol. The second-order valence-electron chi connectivity index (χ2n) is 5.22. The fourth-order valence-electron chi connectivity index (χ4n) is 2.49. The molecule has 0 spiro atoms. The van der Waals surface area contributed by atoms with E-state index >= 15 is 0 Å². The lowest BCUT2D eigenvalue weighted by atomic mass is 10.3. The van der Waals surface area contributed by atoms with E-state index in [9.17, 15) is 18.7 Å². The maximum absolute atomic E-state index is 12.4. The van der Waals surface area contributed by atoms with Gasteiger partial charge in [0, 0.05) is 0 Å². The van der Waals surface area contributed by atoms with E-state index in [-0.39, 0.29) is 28.7 Å². The third-order valence-corrected chi connectivity index (χ3v) is 5.42. The minimum absolute atomic E-state index is 0.0556. The van der Waals surface area contributed by atoms with Crippen molar-refractivity contribution in [3.05, 3.63) is 42.1 Å². The molecule has 5 N–H and O–H groups in total. The highest BCUT2D eigenvalue weighted by atomic mass is 32.3. The van der Waals surface area contributed by atoms with Gasteiger partial charge in [-0.25, -0.2) is 14.6 Å². The molecular formula is C15H16N4O6S. The van der Waals surface area contributed by atoms with Crippen LogP contribution in [0, 0.1) is 0 Å². The second-order valence-corrected chi connectivity index (χ2v) is 7.06. The van der Waals surface area contributed by atoms with E-state index in [1.54, 1.807) is 18.2 Å². The molecule has 10 nitrogen and oxygen atoms in total. The van der Waals surface area contributed by atoms with Gasteiger partial charge in [0.1, 0.15) is 16.3 Å². The summed E-state index contributed by atoms with van der Waals surface area (Å²) in [5, 5.41) is 13.5. The standard InChI is InChI=1S/C15H16N4O6S/c1-25-11-6-7-13(17-10(11)8-16-15(21)22)19-14(20)18-9-4-2-3-5-12(9)26(19,23)24/h2-7,16,23-24H,8H2,1H3,(H,18,20)(H,21,22). The van der Waals surface area contributed by atoms with Gasteiger partial charge >= 0.3 is 12.1 Å². The highest BCUT2D eigenvalue weighted by Crippen LogP contribution is 2.58. The zero-order chi connectivity index (χ0) is 18.9. The van der Waals surface area contributed by atoms with Crippen molar-refractivity contribution in [1.29, 1.82) is 0 Å². The molecule has 0 atom stereocenters. The fraction of sp³-hybridized carbons (Fsp3) is 0.133. The second kappa shape index (κ2) is 6.71. The van der Waals surface area contributed by atoms with Gasteiger partial charge in [-0.15, -0.1) is 0 Å². The number of methoxy groups -OCH3 is 1. The Bertz CT molecular complexity index is 875. The Morgan fingerprint density at radius 2 is 2.04 bits per heavy atom. The van der Waals surface area contributed by atoms with Crippen molar-refractivity contribution in [1.82, 2.24) is 10.3 Å². The summed E-state index contributed by atoms with van der Waals surface area (Å²) < 4.78 is 27.2. The van der Waals surface area contributed by atoms with E-state index in [2.05, 4.69) is 15.6 Å². The monoisotopic (exact) mass is 380 g/mol. The number of benzene rings is 1. The van der Waals surface area contributed by atoms with E-state index in [1.807, 2.05) is 0 Å². The van der Waals surface area contributed by atoms with Gasteiger partial charge in [0.05, 0.1) is 19.3 Å². The van der Waals surface area contributed by atoms with Crippen LogP contribution in [0.3, 0.4) is 0 Å². The molecule has 0 saturated carbocycles. The topological polar surface area (TPSA) is 144 Å². The summed E-state index contributed by atoms with van der Waals surface area (Å²) in [6.07, 6.45) is -1.26. The van der Waals surface area contributed by atoms with Crippen molar-refractivity contribution in [3.8, 4) is 5.75 Å². The summed E-state index contributed by atoms with van der Waals surface area (Å²) in [6, 6.07) is 8.40. The molecule has 0 bridgehead atoms. The Balaban J connectivity index is 2.04. The number of hydrogen-bond acceptors (Lipinski definition) is 6. The third kappa shape index (κ3) is 3.10. The molecule has 11 heteroatoms. The summed E-state index contributed by atoms with van der Waals surface area (Å²) in [6.45, 7) is -0.183. The molecule has 0 radical (unpaired) electrons. The zero-order valence-electron chi connectivity index (χ0n) is 13.5. The average Bonchev–Trinajstić information content (AvgIpc) is 2.59. The van der Waals surface area contributed by atoms with Gasteiger partial charge in [-0.05, 0) is 24.3 Å². The molecule has 1 aromatic carbocycles. The quantitative estimate of drug-likeness (QED) is 0.548. The smallest absolute Gasteiger partial charge is 0.404 e. The van der Waals surface area contributed by atoms with Crippen LogP contribution in [0.4, 0.5) is 21.1 Å². The van der Waals surface area contributed by atoms with Gasteiger partial charge in [0.15, 0.2) is 5.82 Å². The number of rotatable bonds is 4. The largest absolute Gasteiger partial charge is 0.495 e. The highest BCUT2D eigenvalue weighted by Gasteiger charge is 2.39. The van der Waals surface area contributed by atoms with Gasteiger partial charge in [0.25, 0.3) is 0 Å². The molecule has 26 heavy (non-hydrogen) atoms. The van der Waals surface area contributed by atoms with E-state index in [0.717, 1.165) is 4.31 Å². The maximum atomic E-state index is 12.4. The number of hydrogen-bond donors (Lipinski definition) is 5. The molecule has 2 aromatic rings. The Morgan fingerprint density at radius 1 is 1.31 bits per heavy atom. The molecule has 0 aliphatic carbocycles. The molecule has 1 aromatic heterocycles. The number of urea groups is 1. The number of carboxylic acid groups (broad SMARTS) is 1. The molecule has 1 aliphatic rings. The van der Waals surface area contributed by atoms with Crippen LogP contribution in [0.25, 0.3) is 0 Å². The lowest BCUT2D eigenvalue weighted by molar-refractivity contribution is 0.193. The SMILES string of the molecule is COc1ccc(N2C(=O)Nc3ccccc3S2(O)O)nc1CNC(=O)O. The molecule has 2 heterocycles. The Labute approximate surface area is 149 Å². The number of fused-ring (bicyclic) bond motifs is 1. The van der Waals surface area contributed by atoms with Crippen molar-refractivity contribution in [2.45, 2.75) is 11.4 Å². The fourth-order valence-corrected chi connectivity index (χ4v) is 4.00. The minimum Gasteiger partial charge on any atom is -0.495 e. The number of pyridine rings is 1. The molecule has 1 aliphatic heterocycles. The summed E-state index contributed by atoms with van der Waals surface area (Å²) in [5.74, 6) is 0.233. The Morgan fingerprint density at radius 3 is 2.73 bits per heavy atom. The van der Waals surface area contributed by atoms with Crippen LogP contribution in [0.2, 0.25) is 0 Å². The van der Waals surface area contributed by atoms with E-state index in [4.69, 9.17) is 9.84 Å². The summed E-state index contributed by atoms with van der Waals surface area (Å²) in [5.41, 5.74) is 0.490. The Kier molecular flexibility index (Phi) is 4.59. The number of nitrogens with one attached hydrogen (secondary N) is 2. The number of nitrogens with zero attached hydrogens (tertiary/aromatic N) is 2. The van der Waals surface area contributed by atoms with Crippen molar-refractivity contribution in [3.63, 3.8) is 0 Å². The van der Waals surface area contributed by atoms with Crippen LogP contribution in [0.1, 0.15) is 5.69 Å². The highest BCUT2D eigenvalue weighted by molar-refractivity contribution is 8.26. The number of carbonyl (C=O) groups excluding carboxylic acids is 1. The van der Waals surface area contributed by atoms with Crippen molar-refractivity contribution in [2.24, 2.45) is 0 Å². The van der Waals surface area contributed by atoms with Crippen LogP contribution in [0.15, 0.2) is 41.3 Å². The van der Waals surface area contributed by atoms with Crippen molar-refractivity contribution >= 4 is 34.4 Å². The van der Waals surface area contributed by atoms with E-state index < -0.39 is 22.9 Å². The number of aromatic nitrogens is 1. The van der Waals surface area contributed by atoms with Crippen LogP contribution >= 0.6 is 10.8 Å². The lowest BCUT2D eigenvalue weighted by Crippen LogP contribution is -2.42. The summed E-state index contributed by atoms with van der Waals surface area (Å²) >= 11 is 0. The van der Waals surface area contributed by atoms with Gasteiger partial charge in [0.2, 0.25) is 0 Å². The third-order valence-electron chi connectivity index (χ3n) is 3.62. The predicted octanol–water partition coefficient (Wildman–Crippen LogP) is 2.93.